The van der Waals surface area contributed by atoms with Gasteiger partial charge >= 0.3 is 0 Å². The van der Waals surface area contributed by atoms with Crippen molar-refractivity contribution in [3.8, 4) is 11.3 Å². The van der Waals surface area contributed by atoms with E-state index in [-0.39, 0.29) is 6.61 Å². The summed E-state index contributed by atoms with van der Waals surface area (Å²) in [6.45, 7) is 3.05. The molecule has 2 aromatic heterocycles. The maximum absolute atomic E-state index is 9.29. The molecule has 2 heterocycles. The van der Waals surface area contributed by atoms with Crippen molar-refractivity contribution in [1.29, 1.82) is 0 Å². The van der Waals surface area contributed by atoms with Crippen LogP contribution in [0.4, 0.5) is 5.82 Å². The molecule has 0 aliphatic rings. The molecule has 1 aromatic carbocycles. The van der Waals surface area contributed by atoms with Gasteiger partial charge in [0.1, 0.15) is 11.0 Å². The number of nitrogens with one attached hydrogen (secondary N) is 1. The molecule has 0 aliphatic carbocycles. The first kappa shape index (κ1) is 16.5. The lowest BCUT2D eigenvalue weighted by Crippen LogP contribution is -2.10. The molecule has 3 rings (SSSR count). The van der Waals surface area contributed by atoms with Crippen LogP contribution >= 0.6 is 11.6 Å². The van der Waals surface area contributed by atoms with Crippen LogP contribution in [0.5, 0.6) is 0 Å². The van der Waals surface area contributed by atoms with E-state index in [0.717, 1.165) is 28.2 Å². The third-order valence-electron chi connectivity index (χ3n) is 3.81. The first-order valence-electron chi connectivity index (χ1n) is 7.77. The maximum Gasteiger partial charge on any atom is 0.133 e. The Kier molecular flexibility index (Phi) is 5.13. The molecule has 6 heteroatoms. The lowest BCUT2D eigenvalue weighted by atomic mass is 10.1. The van der Waals surface area contributed by atoms with E-state index < -0.39 is 0 Å². The number of benzene rings is 1. The highest BCUT2D eigenvalue weighted by Gasteiger charge is 2.11. The molecule has 0 spiro atoms. The van der Waals surface area contributed by atoms with Crippen LogP contribution in [0, 0.1) is 6.92 Å². The highest BCUT2D eigenvalue weighted by molar-refractivity contribution is 6.30. The highest BCUT2D eigenvalue weighted by Crippen LogP contribution is 2.25. The second-order valence-corrected chi connectivity index (χ2v) is 5.84. The predicted octanol–water partition coefficient (Wildman–Crippen LogP) is 3.51. The second kappa shape index (κ2) is 7.47. The number of hydrogen-bond donors (Lipinski definition) is 2. The van der Waals surface area contributed by atoms with E-state index in [1.54, 1.807) is 10.9 Å². The lowest BCUT2D eigenvalue weighted by Gasteiger charge is -2.09. The van der Waals surface area contributed by atoms with Crippen LogP contribution < -0.4 is 5.32 Å². The van der Waals surface area contributed by atoms with Crippen molar-refractivity contribution in [2.24, 2.45) is 0 Å². The van der Waals surface area contributed by atoms with Crippen LogP contribution in [0.1, 0.15) is 11.1 Å². The summed E-state index contributed by atoms with van der Waals surface area (Å²) in [7, 11) is 0. The fraction of sp³-hybridized carbons (Fsp3) is 0.222. The van der Waals surface area contributed by atoms with Gasteiger partial charge in [-0.1, -0.05) is 41.9 Å². The number of anilines is 1. The Morgan fingerprint density at radius 1 is 1.21 bits per heavy atom. The highest BCUT2D eigenvalue weighted by atomic mass is 35.5. The molecule has 0 unspecified atom stereocenters. The SMILES string of the molecule is Cc1ccccc1-c1cc(NCc2cccnc2Cl)n(CCO)n1. The minimum absolute atomic E-state index is 0.0250. The number of nitrogens with zero attached hydrogens (tertiary/aromatic N) is 3. The Balaban J connectivity index is 1.87. The van der Waals surface area contributed by atoms with Crippen LogP contribution in [-0.2, 0) is 13.1 Å². The molecule has 5 nitrogen and oxygen atoms in total. The zero-order chi connectivity index (χ0) is 16.9. The Bertz CT molecular complexity index is 831. The van der Waals surface area contributed by atoms with Crippen LogP contribution in [-0.4, -0.2) is 26.5 Å². The first-order valence-corrected chi connectivity index (χ1v) is 8.15. The van der Waals surface area contributed by atoms with Crippen molar-refractivity contribution in [1.82, 2.24) is 14.8 Å². The molecule has 0 atom stereocenters. The van der Waals surface area contributed by atoms with E-state index >= 15 is 0 Å². The zero-order valence-electron chi connectivity index (χ0n) is 13.4. The smallest absolute Gasteiger partial charge is 0.133 e. The summed E-state index contributed by atoms with van der Waals surface area (Å²) >= 11 is 6.10. The number of aliphatic hydroxyl groups is 1. The zero-order valence-corrected chi connectivity index (χ0v) is 14.2. The van der Waals surface area contributed by atoms with Gasteiger partial charge in [0.15, 0.2) is 0 Å². The summed E-state index contributed by atoms with van der Waals surface area (Å²) in [6, 6.07) is 13.9. The minimum atomic E-state index is 0.0250. The fourth-order valence-corrected chi connectivity index (χ4v) is 2.74. The molecule has 0 bridgehead atoms. The van der Waals surface area contributed by atoms with Crippen molar-refractivity contribution in [2.45, 2.75) is 20.0 Å². The molecular weight excluding hydrogens is 324 g/mol. The van der Waals surface area contributed by atoms with Gasteiger partial charge in [0.2, 0.25) is 0 Å². The summed E-state index contributed by atoms with van der Waals surface area (Å²) in [4.78, 5) is 4.08. The largest absolute Gasteiger partial charge is 0.394 e. The van der Waals surface area contributed by atoms with E-state index in [1.165, 1.54) is 0 Å². The van der Waals surface area contributed by atoms with Crippen LogP contribution in [0.15, 0.2) is 48.7 Å². The quantitative estimate of drug-likeness (QED) is 0.673. The van der Waals surface area contributed by atoms with Gasteiger partial charge < -0.3 is 10.4 Å². The molecule has 2 N–H and O–H groups in total. The summed E-state index contributed by atoms with van der Waals surface area (Å²) in [5, 5.41) is 17.7. The standard InChI is InChI=1S/C18H19ClN4O/c1-13-5-2-3-7-15(13)16-11-17(23(22-16)9-10-24)21-12-14-6-4-8-20-18(14)19/h2-8,11,21,24H,9-10,12H2,1H3. The molecular formula is C18H19ClN4O. The van der Waals surface area contributed by atoms with Crippen molar-refractivity contribution in [3.05, 3.63) is 64.9 Å². The monoisotopic (exact) mass is 342 g/mol. The van der Waals surface area contributed by atoms with E-state index in [1.807, 2.05) is 36.4 Å². The molecule has 0 saturated heterocycles. The number of halogens is 1. The summed E-state index contributed by atoms with van der Waals surface area (Å²) in [5.41, 5.74) is 4.03. The van der Waals surface area contributed by atoms with Crippen LogP contribution in [0.3, 0.4) is 0 Å². The van der Waals surface area contributed by atoms with Crippen molar-refractivity contribution < 1.29 is 5.11 Å². The number of aromatic nitrogens is 3. The van der Waals surface area contributed by atoms with Gasteiger partial charge in [0, 0.05) is 29.9 Å². The summed E-state index contributed by atoms with van der Waals surface area (Å²) < 4.78 is 1.77. The third-order valence-corrected chi connectivity index (χ3v) is 4.15. The van der Waals surface area contributed by atoms with E-state index in [2.05, 4.69) is 28.4 Å². The lowest BCUT2D eigenvalue weighted by molar-refractivity contribution is 0.270. The van der Waals surface area contributed by atoms with Gasteiger partial charge in [-0.2, -0.15) is 5.10 Å². The number of aryl methyl sites for hydroxylation is 1. The van der Waals surface area contributed by atoms with Crippen molar-refractivity contribution in [3.63, 3.8) is 0 Å². The van der Waals surface area contributed by atoms with E-state index in [4.69, 9.17) is 11.6 Å². The molecule has 0 saturated carbocycles. The second-order valence-electron chi connectivity index (χ2n) is 5.48. The number of rotatable bonds is 6. The predicted molar refractivity (Wildman–Crippen MR) is 96.1 cm³/mol. The third kappa shape index (κ3) is 3.58. The molecule has 0 radical (unpaired) electrons. The molecule has 0 aliphatic heterocycles. The van der Waals surface area contributed by atoms with Gasteiger partial charge in [-0.05, 0) is 18.6 Å². The van der Waals surface area contributed by atoms with E-state index in [9.17, 15) is 5.11 Å². The average molecular weight is 343 g/mol. The van der Waals surface area contributed by atoms with Gasteiger partial charge in [-0.25, -0.2) is 9.67 Å². The Morgan fingerprint density at radius 3 is 2.79 bits per heavy atom. The molecule has 0 amide bonds. The van der Waals surface area contributed by atoms with Crippen LogP contribution in [0.2, 0.25) is 5.15 Å². The first-order chi connectivity index (χ1) is 11.7. The number of aliphatic hydroxyl groups excluding tert-OH is 1. The van der Waals surface area contributed by atoms with E-state index in [0.29, 0.717) is 18.2 Å². The van der Waals surface area contributed by atoms with Gasteiger partial charge in [0.05, 0.1) is 18.8 Å². The maximum atomic E-state index is 9.29. The van der Waals surface area contributed by atoms with Gasteiger partial charge in [0.25, 0.3) is 0 Å². The van der Waals surface area contributed by atoms with Gasteiger partial charge in [-0.3, -0.25) is 0 Å². The topological polar surface area (TPSA) is 63.0 Å². The molecule has 3 aromatic rings. The Hall–Kier alpha value is -2.37. The molecule has 24 heavy (non-hydrogen) atoms. The van der Waals surface area contributed by atoms with Crippen molar-refractivity contribution in [2.75, 3.05) is 11.9 Å². The molecule has 0 fully saturated rings. The average Bonchev–Trinajstić information content (AvgIpc) is 2.98. The normalized spacial score (nSPS) is 10.8. The van der Waals surface area contributed by atoms with Crippen LogP contribution in [0.25, 0.3) is 11.3 Å². The van der Waals surface area contributed by atoms with Gasteiger partial charge in [-0.15, -0.1) is 0 Å². The minimum Gasteiger partial charge on any atom is -0.394 e. The Labute approximate surface area is 145 Å². The van der Waals surface area contributed by atoms with Crippen molar-refractivity contribution >= 4 is 17.4 Å². The fourth-order valence-electron chi connectivity index (χ4n) is 2.55. The number of pyridine rings is 1. The summed E-state index contributed by atoms with van der Waals surface area (Å²) in [6.07, 6.45) is 1.66. The molecule has 124 valence electrons. The number of hydrogen-bond acceptors (Lipinski definition) is 4. The summed E-state index contributed by atoms with van der Waals surface area (Å²) in [5.74, 6) is 0.835. The Morgan fingerprint density at radius 2 is 2.04 bits per heavy atom.